The molecule has 4 N–H and O–H groups in total. The number of benzene rings is 2. The van der Waals surface area contributed by atoms with Crippen LogP contribution in [-0.4, -0.2) is 45.7 Å². The van der Waals surface area contributed by atoms with Crippen molar-refractivity contribution in [3.8, 4) is 11.5 Å². The number of hydrogen-bond donors (Lipinski definition) is 4. The predicted octanol–water partition coefficient (Wildman–Crippen LogP) is 3.40. The van der Waals surface area contributed by atoms with Crippen LogP contribution in [0.15, 0.2) is 47.4 Å². The lowest BCUT2D eigenvalue weighted by molar-refractivity contribution is -0.118. The first-order valence-corrected chi connectivity index (χ1v) is 12.8. The van der Waals surface area contributed by atoms with Gasteiger partial charge < -0.3 is 25.0 Å². The topological polar surface area (TPSA) is 134 Å². The molecule has 2 rings (SSSR count). The Morgan fingerprint density at radius 3 is 2.56 bits per heavy atom. The smallest absolute Gasteiger partial charge is 0.350 e. The van der Waals surface area contributed by atoms with Gasteiger partial charge in [0.1, 0.15) is 16.4 Å². The molecule has 0 aliphatic heterocycles. The van der Waals surface area contributed by atoms with Crippen molar-refractivity contribution in [1.82, 2.24) is 0 Å². The largest absolute Gasteiger partial charge is 0.492 e. The fourth-order valence-electron chi connectivity index (χ4n) is 2.53. The van der Waals surface area contributed by atoms with Crippen LogP contribution in [0.4, 0.5) is 15.8 Å². The zero-order valence-electron chi connectivity index (χ0n) is 16.7. The number of halogens is 3. The quantitative estimate of drug-likeness (QED) is 0.210. The molecular formula is C19H21FI2N2O7S. The second-order valence-corrected chi connectivity index (χ2v) is 12.9. The normalized spacial score (nSPS) is 12.7. The fraction of sp³-hybridized carbons (Fsp3) is 0.316. The van der Waals surface area contributed by atoms with Gasteiger partial charge in [-0.1, -0.05) is 6.07 Å². The first-order valence-electron chi connectivity index (χ1n) is 9.17. The molecule has 0 aliphatic carbocycles. The molecule has 0 aliphatic rings. The number of rotatable bonds is 11. The van der Waals surface area contributed by atoms with Crippen LogP contribution in [0.25, 0.3) is 0 Å². The highest BCUT2D eigenvalue weighted by atomic mass is 127. The standard InChI is InChI=1S/C19H21FI2N2O7S/c1-2-30-16-9-12(23-18(27)10-14(26)11-25)6-7-17(16)32(28,29)24-13-4-3-5-15(8-13)31-19(20,21)22/h3-9,14,24-26H,2,10-11H2,1H3,(H,23,27). The highest BCUT2D eigenvalue weighted by Gasteiger charge is 2.24. The Hall–Kier alpha value is -1.43. The van der Waals surface area contributed by atoms with Crippen molar-refractivity contribution in [3.63, 3.8) is 0 Å². The molecule has 0 heterocycles. The van der Waals surface area contributed by atoms with E-state index < -0.39 is 30.5 Å². The number of nitrogens with one attached hydrogen (secondary N) is 2. The summed E-state index contributed by atoms with van der Waals surface area (Å²) in [6.07, 6.45) is -1.53. The predicted molar refractivity (Wildman–Crippen MR) is 134 cm³/mol. The van der Waals surface area contributed by atoms with Gasteiger partial charge in [0.15, 0.2) is 0 Å². The average Bonchev–Trinajstić information content (AvgIpc) is 2.66. The molecule has 1 amide bonds. The SMILES string of the molecule is CCOc1cc(NC(=O)CC(O)CO)ccc1S(=O)(=O)Nc1cccc(OC(F)(I)I)c1. The van der Waals surface area contributed by atoms with Gasteiger partial charge in [-0.3, -0.25) is 9.52 Å². The molecule has 0 radical (unpaired) electrons. The van der Waals surface area contributed by atoms with Crippen molar-refractivity contribution in [1.29, 1.82) is 0 Å². The van der Waals surface area contributed by atoms with Crippen molar-refractivity contribution in [2.45, 2.75) is 26.2 Å². The lowest BCUT2D eigenvalue weighted by Gasteiger charge is -2.16. The van der Waals surface area contributed by atoms with E-state index in [4.69, 9.17) is 14.6 Å². The number of alkyl halides is 3. The Morgan fingerprint density at radius 2 is 1.94 bits per heavy atom. The molecule has 176 valence electrons. The molecule has 0 aromatic heterocycles. The first kappa shape index (κ1) is 26.8. The summed E-state index contributed by atoms with van der Waals surface area (Å²) in [5.74, 6) is -0.436. The summed E-state index contributed by atoms with van der Waals surface area (Å²) in [5, 5.41) is 20.7. The number of amides is 1. The highest BCUT2D eigenvalue weighted by molar-refractivity contribution is 14.2. The van der Waals surface area contributed by atoms with E-state index in [0.717, 1.165) is 0 Å². The summed E-state index contributed by atoms with van der Waals surface area (Å²) in [7, 11) is -4.11. The van der Waals surface area contributed by atoms with Crippen molar-refractivity contribution < 1.29 is 37.3 Å². The summed E-state index contributed by atoms with van der Waals surface area (Å²) in [6.45, 7) is 1.27. The van der Waals surface area contributed by atoms with Crippen LogP contribution in [0.2, 0.25) is 0 Å². The maximum Gasteiger partial charge on any atom is 0.350 e. The molecule has 2 aromatic carbocycles. The number of sulfonamides is 1. The van der Waals surface area contributed by atoms with Crippen LogP contribution >= 0.6 is 45.2 Å². The zero-order chi connectivity index (χ0) is 23.9. The molecule has 0 saturated heterocycles. The Labute approximate surface area is 212 Å². The van der Waals surface area contributed by atoms with Crippen LogP contribution in [0.1, 0.15) is 13.3 Å². The van der Waals surface area contributed by atoms with Crippen LogP contribution in [0.5, 0.6) is 11.5 Å². The van der Waals surface area contributed by atoms with Crippen molar-refractivity contribution in [3.05, 3.63) is 42.5 Å². The van der Waals surface area contributed by atoms with Gasteiger partial charge in [-0.15, -0.1) is 0 Å². The number of aliphatic hydroxyl groups excluding tert-OH is 2. The minimum Gasteiger partial charge on any atom is -0.492 e. The van der Waals surface area contributed by atoms with Crippen molar-refractivity contribution >= 4 is 72.5 Å². The Bertz CT molecular complexity index is 1050. The van der Waals surface area contributed by atoms with Crippen LogP contribution in [0, 0.1) is 0 Å². The molecular weight excluding hydrogens is 673 g/mol. The van der Waals surface area contributed by atoms with Crippen LogP contribution < -0.4 is 19.5 Å². The average molecular weight is 694 g/mol. The Balaban J connectivity index is 2.27. The van der Waals surface area contributed by atoms with Crippen molar-refractivity contribution in [2.75, 3.05) is 23.3 Å². The summed E-state index contributed by atoms with van der Waals surface area (Å²) >= 11 is 2.90. The zero-order valence-corrected chi connectivity index (χ0v) is 21.8. The first-order chi connectivity index (χ1) is 14.9. The number of ether oxygens (including phenoxy) is 2. The summed E-state index contributed by atoms with van der Waals surface area (Å²) < 4.78 is 50.5. The number of carbonyl (C=O) groups is 1. The van der Waals surface area contributed by atoms with E-state index in [1.54, 1.807) is 6.92 Å². The molecule has 1 atom stereocenters. The molecule has 0 fully saturated rings. The molecule has 0 bridgehead atoms. The van der Waals surface area contributed by atoms with Gasteiger partial charge in [0.2, 0.25) is 5.91 Å². The Morgan fingerprint density at radius 1 is 1.22 bits per heavy atom. The molecule has 13 heteroatoms. The summed E-state index contributed by atoms with van der Waals surface area (Å²) in [6, 6.07) is 9.77. The van der Waals surface area contributed by atoms with E-state index in [1.807, 2.05) is 0 Å². The van der Waals surface area contributed by atoms with E-state index in [-0.39, 0.29) is 40.8 Å². The second kappa shape index (κ2) is 11.6. The maximum atomic E-state index is 13.7. The van der Waals surface area contributed by atoms with Gasteiger partial charge in [-0.05, 0) is 31.2 Å². The molecule has 1 unspecified atom stereocenters. The van der Waals surface area contributed by atoms with Gasteiger partial charge in [-0.2, -0.15) is 4.39 Å². The van der Waals surface area contributed by atoms with E-state index in [1.165, 1.54) is 87.6 Å². The number of carbonyl (C=O) groups excluding carboxylic acids is 1. The summed E-state index contributed by atoms with van der Waals surface area (Å²) in [5.41, 5.74) is 0.402. The van der Waals surface area contributed by atoms with Gasteiger partial charge in [-0.25, -0.2) is 8.42 Å². The molecule has 0 spiro atoms. The third-order valence-corrected chi connectivity index (χ3v) is 5.63. The lowest BCUT2D eigenvalue weighted by Crippen LogP contribution is -2.22. The van der Waals surface area contributed by atoms with E-state index in [9.17, 15) is 22.7 Å². The monoisotopic (exact) mass is 694 g/mol. The number of aliphatic hydroxyl groups is 2. The highest BCUT2D eigenvalue weighted by Crippen LogP contribution is 2.34. The van der Waals surface area contributed by atoms with Gasteiger partial charge >= 0.3 is 1.87 Å². The summed E-state index contributed by atoms with van der Waals surface area (Å²) in [4.78, 5) is 11.7. The second-order valence-electron chi connectivity index (χ2n) is 6.36. The van der Waals surface area contributed by atoms with Crippen LogP contribution in [-0.2, 0) is 14.8 Å². The lowest BCUT2D eigenvalue weighted by atomic mass is 10.2. The van der Waals surface area contributed by atoms with E-state index in [2.05, 4.69) is 10.0 Å². The molecule has 0 saturated carbocycles. The van der Waals surface area contributed by atoms with Gasteiger partial charge in [0.25, 0.3) is 10.0 Å². The molecule has 32 heavy (non-hydrogen) atoms. The number of hydrogen-bond acceptors (Lipinski definition) is 7. The van der Waals surface area contributed by atoms with Gasteiger partial charge in [0, 0.05) is 63.0 Å². The third kappa shape index (κ3) is 8.49. The molecule has 2 aromatic rings. The molecule has 9 nitrogen and oxygen atoms in total. The van der Waals surface area contributed by atoms with E-state index >= 15 is 0 Å². The fourth-order valence-corrected chi connectivity index (χ4v) is 4.22. The Kier molecular flexibility index (Phi) is 9.74. The minimum atomic E-state index is -4.11. The number of anilines is 2. The van der Waals surface area contributed by atoms with Crippen LogP contribution in [0.3, 0.4) is 0 Å². The van der Waals surface area contributed by atoms with Crippen molar-refractivity contribution in [2.24, 2.45) is 0 Å². The maximum absolute atomic E-state index is 13.7. The minimum absolute atomic E-state index is 0.00443. The third-order valence-electron chi connectivity index (χ3n) is 3.77. The van der Waals surface area contributed by atoms with Gasteiger partial charge in [0.05, 0.1) is 31.4 Å². The van der Waals surface area contributed by atoms with E-state index in [0.29, 0.717) is 0 Å².